The van der Waals surface area contributed by atoms with Crippen LogP contribution < -0.4 is 19.8 Å². The minimum absolute atomic E-state index is 0.257. The molecule has 8 nitrogen and oxygen atoms in total. The van der Waals surface area contributed by atoms with Crippen molar-refractivity contribution in [2.45, 2.75) is 12.1 Å². The largest absolute Gasteiger partial charge is 0.497 e. The van der Waals surface area contributed by atoms with Gasteiger partial charge in [0.1, 0.15) is 17.5 Å². The monoisotopic (exact) mass is 569 g/mol. The Morgan fingerprint density at radius 2 is 1.75 bits per heavy atom. The second-order valence-corrected chi connectivity index (χ2v) is 9.66. The number of carbonyl (C=O) groups is 3. The summed E-state index contributed by atoms with van der Waals surface area (Å²) >= 11 is 9.74. The van der Waals surface area contributed by atoms with Gasteiger partial charge in [-0.3, -0.25) is 19.4 Å². The number of rotatable bonds is 5. The molecule has 0 radical (unpaired) electrons. The van der Waals surface area contributed by atoms with Gasteiger partial charge in [-0.05, 0) is 48.5 Å². The Hall–Kier alpha value is -3.40. The number of hydrogen-bond donors (Lipinski definition) is 1. The SMILES string of the molecule is COc1ccc(OC)c([C@@H]2NN(C(=O)c3cccc(Br)c3)[C@@H]3C(=O)N(c4ccccc4Cl)C(=O)[C@@H]32)c1. The van der Waals surface area contributed by atoms with E-state index in [9.17, 15) is 14.4 Å². The van der Waals surface area contributed by atoms with Crippen LogP contribution in [0.3, 0.4) is 0 Å². The van der Waals surface area contributed by atoms with Gasteiger partial charge in [-0.1, -0.05) is 45.7 Å². The van der Waals surface area contributed by atoms with Crippen molar-refractivity contribution >= 4 is 50.9 Å². The van der Waals surface area contributed by atoms with Crippen molar-refractivity contribution in [3.8, 4) is 11.5 Å². The fraction of sp³-hybridized carbons (Fsp3) is 0.192. The van der Waals surface area contributed by atoms with Crippen molar-refractivity contribution in [1.29, 1.82) is 0 Å². The molecule has 0 aromatic heterocycles. The number of nitrogens with one attached hydrogen (secondary N) is 1. The molecule has 0 bridgehead atoms. The number of hydrogen-bond acceptors (Lipinski definition) is 6. The minimum Gasteiger partial charge on any atom is -0.497 e. The highest BCUT2D eigenvalue weighted by atomic mass is 79.9. The first-order valence-corrected chi connectivity index (χ1v) is 12.2. The second kappa shape index (κ2) is 9.57. The molecule has 3 aromatic carbocycles. The van der Waals surface area contributed by atoms with Crippen molar-refractivity contribution in [1.82, 2.24) is 10.4 Å². The number of ether oxygens (including phenoxy) is 2. The van der Waals surface area contributed by atoms with Crippen LogP contribution in [0.2, 0.25) is 5.02 Å². The summed E-state index contributed by atoms with van der Waals surface area (Å²) in [4.78, 5) is 42.3. The third-order valence-electron chi connectivity index (χ3n) is 6.39. The van der Waals surface area contributed by atoms with Gasteiger partial charge in [0.15, 0.2) is 0 Å². The van der Waals surface area contributed by atoms with Crippen LogP contribution in [0.5, 0.6) is 11.5 Å². The van der Waals surface area contributed by atoms with Gasteiger partial charge in [-0.2, -0.15) is 0 Å². The highest BCUT2D eigenvalue weighted by Gasteiger charge is 2.61. The predicted octanol–water partition coefficient (Wildman–Crippen LogP) is 4.38. The number of fused-ring (bicyclic) bond motifs is 1. The number of benzene rings is 3. The van der Waals surface area contributed by atoms with E-state index in [4.69, 9.17) is 21.1 Å². The molecule has 3 aromatic rings. The molecule has 2 heterocycles. The van der Waals surface area contributed by atoms with Gasteiger partial charge < -0.3 is 9.47 Å². The molecule has 184 valence electrons. The smallest absolute Gasteiger partial charge is 0.268 e. The number of carbonyl (C=O) groups excluding carboxylic acids is 3. The topological polar surface area (TPSA) is 88.2 Å². The van der Waals surface area contributed by atoms with E-state index >= 15 is 0 Å². The Balaban J connectivity index is 1.64. The van der Waals surface area contributed by atoms with E-state index in [2.05, 4.69) is 21.4 Å². The Labute approximate surface area is 220 Å². The average Bonchev–Trinajstić information content (AvgIpc) is 3.40. The zero-order chi connectivity index (χ0) is 25.6. The van der Waals surface area contributed by atoms with Crippen LogP contribution >= 0.6 is 27.5 Å². The molecule has 5 rings (SSSR count). The van der Waals surface area contributed by atoms with Crippen LogP contribution in [0.4, 0.5) is 5.69 Å². The molecule has 2 aliphatic heterocycles. The number of halogens is 2. The standard InChI is InChI=1S/C26H21BrClN3O5/c1-35-16-10-11-20(36-2)17(13-16)22-21-23(31(29-22)24(32)14-6-5-7-15(27)12-14)26(34)30(25(21)33)19-9-4-3-8-18(19)28/h3-13,21-23,29H,1-2H3/t21-,22+,23+/m1/s1. The van der Waals surface area contributed by atoms with Crippen molar-refractivity contribution in [3.63, 3.8) is 0 Å². The highest BCUT2D eigenvalue weighted by Crippen LogP contribution is 2.46. The lowest BCUT2D eigenvalue weighted by atomic mass is 9.90. The van der Waals surface area contributed by atoms with E-state index in [0.29, 0.717) is 27.1 Å². The molecule has 3 amide bonds. The summed E-state index contributed by atoms with van der Waals surface area (Å²) in [6, 6.07) is 16.8. The normalized spacial score (nSPS) is 21.1. The summed E-state index contributed by atoms with van der Waals surface area (Å²) in [6.45, 7) is 0. The van der Waals surface area contributed by atoms with Gasteiger partial charge >= 0.3 is 0 Å². The van der Waals surface area contributed by atoms with E-state index in [1.807, 2.05) is 0 Å². The quantitative estimate of drug-likeness (QED) is 0.458. The summed E-state index contributed by atoms with van der Waals surface area (Å²) in [6.07, 6.45) is 0. The molecule has 2 saturated heterocycles. The maximum atomic E-state index is 13.8. The van der Waals surface area contributed by atoms with Crippen molar-refractivity contribution in [2.24, 2.45) is 5.92 Å². The van der Waals surface area contributed by atoms with Gasteiger partial charge in [0.05, 0.1) is 36.9 Å². The molecule has 2 fully saturated rings. The van der Waals surface area contributed by atoms with E-state index in [1.54, 1.807) is 66.7 Å². The Bertz CT molecular complexity index is 1380. The first kappa shape index (κ1) is 24.3. The van der Waals surface area contributed by atoms with E-state index in [0.717, 1.165) is 4.90 Å². The fourth-order valence-electron chi connectivity index (χ4n) is 4.75. The molecule has 0 aliphatic carbocycles. The number of imide groups is 1. The zero-order valence-corrected chi connectivity index (χ0v) is 21.6. The van der Waals surface area contributed by atoms with Crippen molar-refractivity contribution in [3.05, 3.63) is 87.4 Å². The Kier molecular flexibility index (Phi) is 6.46. The van der Waals surface area contributed by atoms with Gasteiger partial charge in [0.2, 0.25) is 5.91 Å². The molecule has 0 saturated carbocycles. The number of anilines is 1. The highest BCUT2D eigenvalue weighted by molar-refractivity contribution is 9.10. The number of hydrazine groups is 1. The number of nitrogens with zero attached hydrogens (tertiary/aromatic N) is 2. The van der Waals surface area contributed by atoms with Crippen LogP contribution in [0.1, 0.15) is 22.0 Å². The van der Waals surface area contributed by atoms with Crippen LogP contribution in [0.15, 0.2) is 71.2 Å². The average molecular weight is 571 g/mol. The maximum absolute atomic E-state index is 13.8. The van der Waals surface area contributed by atoms with Crippen molar-refractivity contribution in [2.75, 3.05) is 19.1 Å². The summed E-state index contributed by atoms with van der Waals surface area (Å²) < 4.78 is 11.7. The Morgan fingerprint density at radius 1 is 0.972 bits per heavy atom. The lowest BCUT2D eigenvalue weighted by molar-refractivity contribution is -0.123. The second-order valence-electron chi connectivity index (χ2n) is 8.33. The van der Waals surface area contributed by atoms with Crippen LogP contribution in [-0.4, -0.2) is 43.0 Å². The van der Waals surface area contributed by atoms with Crippen LogP contribution in [-0.2, 0) is 9.59 Å². The molecular formula is C26H21BrClN3O5. The maximum Gasteiger partial charge on any atom is 0.268 e. The molecule has 1 N–H and O–H groups in total. The van der Waals surface area contributed by atoms with Gasteiger partial charge in [0, 0.05) is 15.6 Å². The van der Waals surface area contributed by atoms with Crippen LogP contribution in [0.25, 0.3) is 0 Å². The molecular weight excluding hydrogens is 550 g/mol. The lowest BCUT2D eigenvalue weighted by Gasteiger charge is -2.26. The summed E-state index contributed by atoms with van der Waals surface area (Å²) in [5, 5.41) is 1.50. The molecule has 10 heteroatoms. The fourth-order valence-corrected chi connectivity index (χ4v) is 5.37. The van der Waals surface area contributed by atoms with Gasteiger partial charge in [0.25, 0.3) is 11.8 Å². The van der Waals surface area contributed by atoms with Crippen molar-refractivity contribution < 1.29 is 23.9 Å². The molecule has 0 spiro atoms. The Morgan fingerprint density at radius 3 is 2.44 bits per heavy atom. The van der Waals surface area contributed by atoms with Crippen LogP contribution in [0, 0.1) is 5.92 Å². The number of para-hydroxylation sites is 1. The third-order valence-corrected chi connectivity index (χ3v) is 7.20. The molecule has 36 heavy (non-hydrogen) atoms. The first-order valence-electron chi connectivity index (χ1n) is 11.0. The summed E-state index contributed by atoms with van der Waals surface area (Å²) in [5.41, 5.74) is 4.34. The molecule has 3 atom stereocenters. The van der Waals surface area contributed by atoms with Gasteiger partial charge in [-0.15, -0.1) is 0 Å². The van der Waals surface area contributed by atoms with E-state index in [1.165, 1.54) is 19.2 Å². The third kappa shape index (κ3) is 3.93. The predicted molar refractivity (Wildman–Crippen MR) is 137 cm³/mol. The van der Waals surface area contributed by atoms with Gasteiger partial charge in [-0.25, -0.2) is 10.3 Å². The minimum atomic E-state index is -1.10. The van der Waals surface area contributed by atoms with E-state index < -0.39 is 35.7 Å². The lowest BCUT2D eigenvalue weighted by Crippen LogP contribution is -2.48. The summed E-state index contributed by atoms with van der Waals surface area (Å²) in [5.74, 6) is -1.35. The first-order chi connectivity index (χ1) is 17.3. The number of methoxy groups -OCH3 is 2. The molecule has 0 unspecified atom stereocenters. The molecule has 2 aliphatic rings. The number of amides is 3. The zero-order valence-electron chi connectivity index (χ0n) is 19.3. The van der Waals surface area contributed by atoms with E-state index in [-0.39, 0.29) is 10.7 Å². The summed E-state index contributed by atoms with van der Waals surface area (Å²) in [7, 11) is 3.04.